The fourth-order valence-electron chi connectivity index (χ4n) is 0.914. The Morgan fingerprint density at radius 3 is 2.15 bits per heavy atom. The molecule has 0 heterocycles. The molecule has 72 valence electrons. The molecule has 0 bridgehead atoms. The summed E-state index contributed by atoms with van der Waals surface area (Å²) in [6.45, 7) is -0.796. The van der Waals surface area contributed by atoms with Gasteiger partial charge in [-0.25, -0.2) is 0 Å². The normalized spacial score (nSPS) is 13.0. The molecule has 13 heavy (non-hydrogen) atoms. The molecule has 1 nitrogen and oxygen atoms in total. The summed E-state index contributed by atoms with van der Waals surface area (Å²) in [7, 11) is 0. The fraction of sp³-hybridized carbons (Fsp3) is 0.333. The second-order valence-electron chi connectivity index (χ2n) is 2.56. The zero-order valence-electron chi connectivity index (χ0n) is 7.01. The molecule has 0 aliphatic rings. The predicted octanol–water partition coefficient (Wildman–Crippen LogP) is 3.74. The van der Waals surface area contributed by atoms with E-state index in [9.17, 15) is 8.78 Å². The topological polar surface area (TPSA) is 9.23 Å². The second-order valence-corrected chi connectivity index (χ2v) is 3.94. The molecule has 0 amide bonds. The molecule has 0 fully saturated rings. The van der Waals surface area contributed by atoms with E-state index in [4.69, 9.17) is 0 Å². The maximum atomic E-state index is 11.7. The van der Waals surface area contributed by atoms with Crippen molar-refractivity contribution in [2.45, 2.75) is 18.4 Å². The van der Waals surface area contributed by atoms with Crippen LogP contribution in [0.1, 0.15) is 17.3 Å². The van der Waals surface area contributed by atoms with E-state index in [0.29, 0.717) is 0 Å². The second kappa shape index (κ2) is 4.56. The summed E-state index contributed by atoms with van der Waals surface area (Å²) < 4.78 is 27.7. The van der Waals surface area contributed by atoms with Crippen molar-refractivity contribution in [1.82, 2.24) is 0 Å². The predicted molar refractivity (Wildman–Crippen MR) is 50.4 cm³/mol. The molecule has 0 aliphatic carbocycles. The molecule has 1 aromatic rings. The van der Waals surface area contributed by atoms with Crippen LogP contribution in [-0.2, 0) is 0 Å². The van der Waals surface area contributed by atoms with Crippen molar-refractivity contribution in [2.75, 3.05) is 0 Å². The average Bonchev–Trinajstić information content (AvgIpc) is 2.04. The van der Waals surface area contributed by atoms with Crippen LogP contribution in [0.15, 0.2) is 24.3 Å². The zero-order chi connectivity index (χ0) is 9.84. The Balaban J connectivity index is 2.70. The standard InChI is InChI=1S/C9H9BrF2O/c1-6(10)7-2-4-8(5-3-7)13-9(11)12/h2-6,9H,1H3/t6-/m0/s1. The van der Waals surface area contributed by atoms with Gasteiger partial charge in [0.2, 0.25) is 0 Å². The Hall–Kier alpha value is -0.640. The first-order chi connectivity index (χ1) is 6.09. The first kappa shape index (κ1) is 10.4. The molecular weight excluding hydrogens is 242 g/mol. The Morgan fingerprint density at radius 2 is 1.77 bits per heavy atom. The molecule has 0 unspecified atom stereocenters. The molecular formula is C9H9BrF2O. The van der Waals surface area contributed by atoms with Crippen LogP contribution in [0.4, 0.5) is 8.78 Å². The lowest BCUT2D eigenvalue weighted by Crippen LogP contribution is -2.01. The number of hydrogen-bond acceptors (Lipinski definition) is 1. The Kier molecular flexibility index (Phi) is 3.66. The van der Waals surface area contributed by atoms with Crippen LogP contribution in [0, 0.1) is 0 Å². The number of alkyl halides is 3. The highest BCUT2D eigenvalue weighted by Crippen LogP contribution is 2.24. The lowest BCUT2D eigenvalue weighted by Gasteiger charge is -2.06. The van der Waals surface area contributed by atoms with Gasteiger partial charge in [-0.05, 0) is 24.6 Å². The van der Waals surface area contributed by atoms with Gasteiger partial charge in [0.25, 0.3) is 0 Å². The van der Waals surface area contributed by atoms with E-state index in [1.807, 2.05) is 6.92 Å². The molecule has 1 atom stereocenters. The van der Waals surface area contributed by atoms with Gasteiger partial charge in [-0.3, -0.25) is 0 Å². The van der Waals surface area contributed by atoms with Crippen LogP contribution >= 0.6 is 15.9 Å². The van der Waals surface area contributed by atoms with E-state index in [0.717, 1.165) is 5.56 Å². The van der Waals surface area contributed by atoms with E-state index >= 15 is 0 Å². The Morgan fingerprint density at radius 1 is 1.23 bits per heavy atom. The smallest absolute Gasteiger partial charge is 0.387 e. The minimum absolute atomic E-state index is 0.187. The molecule has 0 N–H and O–H groups in total. The van der Waals surface area contributed by atoms with Crippen LogP contribution < -0.4 is 4.74 Å². The van der Waals surface area contributed by atoms with Crippen molar-refractivity contribution >= 4 is 15.9 Å². The number of hydrogen-bond donors (Lipinski definition) is 0. The molecule has 0 saturated carbocycles. The molecule has 0 saturated heterocycles. The molecule has 0 spiro atoms. The molecule has 1 rings (SSSR count). The number of benzene rings is 1. The van der Waals surface area contributed by atoms with Crippen LogP contribution in [0.5, 0.6) is 5.75 Å². The number of rotatable bonds is 3. The van der Waals surface area contributed by atoms with E-state index in [2.05, 4.69) is 20.7 Å². The minimum atomic E-state index is -2.76. The fourth-order valence-corrected chi connectivity index (χ4v) is 1.22. The van der Waals surface area contributed by atoms with Gasteiger partial charge in [0.05, 0.1) is 0 Å². The van der Waals surface area contributed by atoms with E-state index in [1.165, 1.54) is 12.1 Å². The van der Waals surface area contributed by atoms with Gasteiger partial charge >= 0.3 is 6.61 Å². The molecule has 0 aliphatic heterocycles. The van der Waals surface area contributed by atoms with Crippen molar-refractivity contribution in [3.63, 3.8) is 0 Å². The van der Waals surface area contributed by atoms with Gasteiger partial charge in [0, 0.05) is 4.83 Å². The zero-order valence-corrected chi connectivity index (χ0v) is 8.59. The van der Waals surface area contributed by atoms with Crippen LogP contribution in [0.25, 0.3) is 0 Å². The summed E-state index contributed by atoms with van der Waals surface area (Å²) in [5.74, 6) is 0.187. The van der Waals surface area contributed by atoms with Crippen LogP contribution in [0.3, 0.4) is 0 Å². The van der Waals surface area contributed by atoms with Crippen molar-refractivity contribution in [3.8, 4) is 5.75 Å². The van der Waals surface area contributed by atoms with Crippen molar-refractivity contribution < 1.29 is 13.5 Å². The van der Waals surface area contributed by atoms with E-state index in [1.54, 1.807) is 12.1 Å². The highest BCUT2D eigenvalue weighted by molar-refractivity contribution is 9.09. The van der Waals surface area contributed by atoms with Crippen LogP contribution in [0.2, 0.25) is 0 Å². The third-order valence-electron chi connectivity index (χ3n) is 1.56. The molecule has 0 aromatic heterocycles. The Labute approximate surface area is 83.8 Å². The largest absolute Gasteiger partial charge is 0.435 e. The van der Waals surface area contributed by atoms with Crippen molar-refractivity contribution in [1.29, 1.82) is 0 Å². The van der Waals surface area contributed by atoms with Gasteiger partial charge in [-0.1, -0.05) is 28.1 Å². The first-order valence-electron chi connectivity index (χ1n) is 3.78. The van der Waals surface area contributed by atoms with E-state index in [-0.39, 0.29) is 10.6 Å². The lowest BCUT2D eigenvalue weighted by atomic mass is 10.2. The third kappa shape index (κ3) is 3.30. The number of halogens is 3. The highest BCUT2D eigenvalue weighted by atomic mass is 79.9. The monoisotopic (exact) mass is 250 g/mol. The van der Waals surface area contributed by atoms with E-state index < -0.39 is 6.61 Å². The minimum Gasteiger partial charge on any atom is -0.435 e. The SMILES string of the molecule is C[C@H](Br)c1ccc(OC(F)F)cc1. The third-order valence-corrected chi connectivity index (χ3v) is 2.09. The Bertz CT molecular complexity index is 259. The summed E-state index contributed by atoms with van der Waals surface area (Å²) in [6.07, 6.45) is 0. The molecule has 4 heteroatoms. The van der Waals surface area contributed by atoms with Gasteiger partial charge in [-0.2, -0.15) is 8.78 Å². The summed E-state index contributed by atoms with van der Waals surface area (Å²) in [5, 5.41) is 0. The van der Waals surface area contributed by atoms with Gasteiger partial charge in [0.15, 0.2) is 0 Å². The highest BCUT2D eigenvalue weighted by Gasteiger charge is 2.04. The number of ether oxygens (including phenoxy) is 1. The van der Waals surface area contributed by atoms with Crippen molar-refractivity contribution in [3.05, 3.63) is 29.8 Å². The van der Waals surface area contributed by atoms with Gasteiger partial charge in [-0.15, -0.1) is 0 Å². The average molecular weight is 251 g/mol. The first-order valence-corrected chi connectivity index (χ1v) is 4.70. The quantitative estimate of drug-likeness (QED) is 0.743. The van der Waals surface area contributed by atoms with Gasteiger partial charge < -0.3 is 4.74 Å². The van der Waals surface area contributed by atoms with Crippen LogP contribution in [-0.4, -0.2) is 6.61 Å². The maximum Gasteiger partial charge on any atom is 0.387 e. The lowest BCUT2D eigenvalue weighted by molar-refractivity contribution is -0.0498. The summed E-state index contributed by atoms with van der Waals surface area (Å²) >= 11 is 3.37. The molecule has 1 aromatic carbocycles. The summed E-state index contributed by atoms with van der Waals surface area (Å²) in [5.41, 5.74) is 1.03. The molecule has 0 radical (unpaired) electrons. The summed E-state index contributed by atoms with van der Waals surface area (Å²) in [6, 6.07) is 6.55. The maximum absolute atomic E-state index is 11.7. The van der Waals surface area contributed by atoms with Gasteiger partial charge in [0.1, 0.15) is 5.75 Å². The van der Waals surface area contributed by atoms with Crippen molar-refractivity contribution in [2.24, 2.45) is 0 Å². The summed E-state index contributed by atoms with van der Waals surface area (Å²) in [4.78, 5) is 0.216.